The lowest BCUT2D eigenvalue weighted by atomic mass is 9.53. The molecule has 1 heterocycles. The van der Waals surface area contributed by atoms with Crippen LogP contribution in [0.2, 0.25) is 0 Å². The van der Waals surface area contributed by atoms with Crippen LogP contribution in [0.15, 0.2) is 24.3 Å². The number of carboxylic acids is 1. The van der Waals surface area contributed by atoms with Gasteiger partial charge in [0.15, 0.2) is 6.61 Å². The molecule has 166 valence electrons. The summed E-state index contributed by atoms with van der Waals surface area (Å²) in [7, 11) is 0. The van der Waals surface area contributed by atoms with E-state index in [9.17, 15) is 9.59 Å². The highest BCUT2D eigenvalue weighted by Crippen LogP contribution is 2.63. The Morgan fingerprint density at radius 3 is 2.16 bits per heavy atom. The lowest BCUT2D eigenvalue weighted by Gasteiger charge is -2.56. The van der Waals surface area contributed by atoms with Gasteiger partial charge in [-0.1, -0.05) is 12.1 Å². The van der Waals surface area contributed by atoms with Crippen molar-refractivity contribution in [3.8, 4) is 5.75 Å². The molecule has 4 bridgehead atoms. The Balaban J connectivity index is 1.10. The number of benzene rings is 1. The average Bonchev–Trinajstić information content (AvgIpc) is 3.12. The molecule has 7 nitrogen and oxygen atoms in total. The van der Waals surface area contributed by atoms with Crippen molar-refractivity contribution in [2.45, 2.75) is 68.9 Å². The summed E-state index contributed by atoms with van der Waals surface area (Å²) in [5.41, 5.74) is 1.22. The fraction of sp³-hybridized carbons (Fsp3) is 0.667. The average molecular weight is 428 g/mol. The smallest absolute Gasteiger partial charge is 0.341 e. The predicted molar refractivity (Wildman–Crippen MR) is 107 cm³/mol. The largest absolute Gasteiger partial charge is 0.482 e. The minimum absolute atomic E-state index is 0.204. The minimum Gasteiger partial charge on any atom is -0.482 e. The van der Waals surface area contributed by atoms with Gasteiger partial charge in [-0.25, -0.2) is 4.79 Å². The van der Waals surface area contributed by atoms with E-state index in [4.69, 9.17) is 24.4 Å². The molecule has 0 aromatic heterocycles. The zero-order chi connectivity index (χ0) is 21.2. The van der Waals surface area contributed by atoms with E-state index in [-0.39, 0.29) is 30.3 Å². The van der Waals surface area contributed by atoms with Crippen molar-refractivity contribution in [3.05, 3.63) is 29.8 Å². The SMILES string of the molecule is O=C(O)COc1ccc(C2CCC3(CC2)OOC2(O3)C3CC4CC2CC(C3)C4=O)cc1. The molecule has 0 atom stereocenters. The summed E-state index contributed by atoms with van der Waals surface area (Å²) in [6, 6.07) is 7.70. The van der Waals surface area contributed by atoms with Gasteiger partial charge in [-0.3, -0.25) is 4.79 Å². The van der Waals surface area contributed by atoms with Gasteiger partial charge < -0.3 is 14.6 Å². The van der Waals surface area contributed by atoms with Crippen LogP contribution >= 0.6 is 0 Å². The summed E-state index contributed by atoms with van der Waals surface area (Å²) in [4.78, 5) is 35.0. The first-order chi connectivity index (χ1) is 15.0. The Labute approximate surface area is 180 Å². The molecule has 5 aliphatic carbocycles. The van der Waals surface area contributed by atoms with Gasteiger partial charge >= 0.3 is 5.97 Å². The number of hydrogen-bond acceptors (Lipinski definition) is 6. The van der Waals surface area contributed by atoms with Crippen LogP contribution in [0.3, 0.4) is 0 Å². The summed E-state index contributed by atoms with van der Waals surface area (Å²) in [6.45, 7) is -0.334. The molecule has 6 aliphatic rings. The maximum absolute atomic E-state index is 12.4. The van der Waals surface area contributed by atoms with Gasteiger partial charge in [0.1, 0.15) is 11.5 Å². The Hall–Kier alpha value is -1.96. The van der Waals surface area contributed by atoms with Gasteiger partial charge in [0.2, 0.25) is 11.6 Å². The number of carboxylic acid groups (broad SMARTS) is 1. The van der Waals surface area contributed by atoms with Crippen molar-refractivity contribution in [2.24, 2.45) is 23.7 Å². The number of ether oxygens (including phenoxy) is 2. The summed E-state index contributed by atoms with van der Waals surface area (Å²) in [5, 5.41) is 8.73. The van der Waals surface area contributed by atoms with Crippen molar-refractivity contribution in [1.82, 2.24) is 0 Å². The molecule has 0 unspecified atom stereocenters. The normalized spacial score (nSPS) is 43.1. The van der Waals surface area contributed by atoms with Crippen molar-refractivity contribution in [1.29, 1.82) is 0 Å². The van der Waals surface area contributed by atoms with Crippen LogP contribution in [0.25, 0.3) is 0 Å². The zero-order valence-corrected chi connectivity index (χ0v) is 17.5. The number of ketones is 1. The van der Waals surface area contributed by atoms with Gasteiger partial charge in [-0.2, -0.15) is 9.78 Å². The molecule has 5 saturated carbocycles. The second-order valence-electron chi connectivity index (χ2n) is 10.1. The van der Waals surface area contributed by atoms with Crippen LogP contribution in [-0.4, -0.2) is 35.0 Å². The number of Topliss-reactive ketones (excluding diaryl/α,β-unsaturated/α-hetero) is 1. The molecule has 1 aromatic carbocycles. The van der Waals surface area contributed by atoms with Crippen LogP contribution in [-0.2, 0) is 24.1 Å². The van der Waals surface area contributed by atoms with Crippen LogP contribution < -0.4 is 4.74 Å². The molecule has 1 N–H and O–H groups in total. The highest BCUT2D eigenvalue weighted by Gasteiger charge is 2.68. The molecule has 1 saturated heterocycles. The topological polar surface area (TPSA) is 91.3 Å². The molecule has 7 rings (SSSR count). The molecule has 7 heteroatoms. The lowest BCUT2D eigenvalue weighted by molar-refractivity contribution is -0.386. The highest BCUT2D eigenvalue weighted by molar-refractivity contribution is 5.85. The predicted octanol–water partition coefficient (Wildman–Crippen LogP) is 3.81. The molecule has 0 radical (unpaired) electrons. The number of carbonyl (C=O) groups excluding carboxylic acids is 1. The quantitative estimate of drug-likeness (QED) is 0.729. The molecule has 6 fully saturated rings. The summed E-state index contributed by atoms with van der Waals surface area (Å²) < 4.78 is 11.9. The Morgan fingerprint density at radius 2 is 1.58 bits per heavy atom. The van der Waals surface area contributed by atoms with Gasteiger partial charge in [0, 0.05) is 36.5 Å². The first kappa shape index (κ1) is 19.7. The van der Waals surface area contributed by atoms with E-state index in [0.29, 0.717) is 17.5 Å². The van der Waals surface area contributed by atoms with Crippen LogP contribution in [0, 0.1) is 23.7 Å². The van der Waals surface area contributed by atoms with Crippen molar-refractivity contribution in [2.75, 3.05) is 6.61 Å². The first-order valence-corrected chi connectivity index (χ1v) is 11.5. The number of rotatable bonds is 4. The van der Waals surface area contributed by atoms with E-state index in [1.165, 1.54) is 5.56 Å². The molecule has 2 spiro atoms. The molecule has 31 heavy (non-hydrogen) atoms. The van der Waals surface area contributed by atoms with Crippen LogP contribution in [0.1, 0.15) is 62.8 Å². The summed E-state index contributed by atoms with van der Waals surface area (Å²) in [5.74, 6) is 0.0798. The monoisotopic (exact) mass is 428 g/mol. The van der Waals surface area contributed by atoms with Crippen molar-refractivity contribution < 1.29 is 33.9 Å². The first-order valence-electron chi connectivity index (χ1n) is 11.5. The lowest BCUT2D eigenvalue weighted by Crippen LogP contribution is -2.62. The minimum atomic E-state index is -0.982. The fourth-order valence-electron chi connectivity index (χ4n) is 6.87. The molecule has 1 aromatic rings. The van der Waals surface area contributed by atoms with E-state index in [1.807, 2.05) is 24.3 Å². The molecule has 1 aliphatic heterocycles. The third kappa shape index (κ3) is 3.12. The fourth-order valence-corrected chi connectivity index (χ4v) is 6.87. The van der Waals surface area contributed by atoms with Crippen molar-refractivity contribution in [3.63, 3.8) is 0 Å². The van der Waals surface area contributed by atoms with E-state index in [1.54, 1.807) is 0 Å². The van der Waals surface area contributed by atoms with Gasteiger partial charge in [0.05, 0.1) is 0 Å². The summed E-state index contributed by atoms with van der Waals surface area (Å²) >= 11 is 0. The van der Waals surface area contributed by atoms with Crippen LogP contribution in [0.5, 0.6) is 5.75 Å². The Bertz CT molecular complexity index is 852. The van der Waals surface area contributed by atoms with Gasteiger partial charge in [0.25, 0.3) is 0 Å². The Morgan fingerprint density at radius 1 is 0.968 bits per heavy atom. The van der Waals surface area contributed by atoms with E-state index >= 15 is 0 Å². The third-order valence-electron chi connectivity index (χ3n) is 8.35. The third-order valence-corrected chi connectivity index (χ3v) is 8.35. The maximum Gasteiger partial charge on any atom is 0.341 e. The van der Waals surface area contributed by atoms with Gasteiger partial charge in [-0.15, -0.1) is 0 Å². The van der Waals surface area contributed by atoms with E-state index < -0.39 is 17.5 Å². The molecule has 0 amide bonds. The van der Waals surface area contributed by atoms with E-state index in [2.05, 4.69) is 0 Å². The van der Waals surface area contributed by atoms with Crippen molar-refractivity contribution >= 4 is 11.8 Å². The maximum atomic E-state index is 12.4. The van der Waals surface area contributed by atoms with E-state index in [0.717, 1.165) is 51.4 Å². The molecular formula is C24H28O7. The van der Waals surface area contributed by atoms with Crippen LogP contribution in [0.4, 0.5) is 0 Å². The zero-order valence-electron chi connectivity index (χ0n) is 17.5. The second-order valence-corrected chi connectivity index (χ2v) is 10.1. The number of aliphatic carboxylic acids is 1. The summed E-state index contributed by atoms with van der Waals surface area (Å²) in [6.07, 6.45) is 6.95. The highest BCUT2D eigenvalue weighted by atomic mass is 17.3. The number of carbonyl (C=O) groups is 2. The Kier molecular flexibility index (Phi) is 4.46. The molecular weight excluding hydrogens is 400 g/mol. The standard InChI is InChI=1S/C24H28O7/c25-21(26)13-28-20-3-1-14(2-4-20)15-5-7-23(8-6-15)29-24(31-30-23)18-9-16-10-19(24)12-17(11-18)22(16)27/h1-4,15-19H,5-13H2,(H,25,26). The number of hydrogen-bond donors (Lipinski definition) is 1. The van der Waals surface area contributed by atoms with Gasteiger partial charge in [-0.05, 0) is 62.1 Å². The second kappa shape index (κ2) is 7.02.